The van der Waals surface area contributed by atoms with Crippen molar-refractivity contribution in [2.24, 2.45) is 0 Å². The van der Waals surface area contributed by atoms with Gasteiger partial charge < -0.3 is 29.3 Å². The predicted molar refractivity (Wildman–Crippen MR) is 65.5 cm³/mol. The van der Waals surface area contributed by atoms with E-state index in [1.165, 1.54) is 5.56 Å². The minimum absolute atomic E-state index is 0. The first-order valence-electron chi connectivity index (χ1n) is 5.46. The highest BCUT2D eigenvalue weighted by molar-refractivity contribution is 5.13. The zero-order chi connectivity index (χ0) is 10.9. The number of quaternary nitrogens is 1. The molecular formula is C14H20IN. The summed E-state index contributed by atoms with van der Waals surface area (Å²) in [7, 11) is 0. The van der Waals surface area contributed by atoms with E-state index in [-0.39, 0.29) is 24.0 Å². The van der Waals surface area contributed by atoms with Crippen molar-refractivity contribution in [2.45, 2.75) is 25.4 Å². The molecule has 0 aliphatic heterocycles. The molecular weight excluding hydrogens is 309 g/mol. The Bertz CT molecular complexity index is 285. The first-order chi connectivity index (χ1) is 7.36. The molecule has 16 heavy (non-hydrogen) atoms. The molecule has 0 fully saturated rings. The van der Waals surface area contributed by atoms with Gasteiger partial charge in [0, 0.05) is 18.4 Å². The molecule has 0 bridgehead atoms. The molecule has 0 radical (unpaired) electrons. The van der Waals surface area contributed by atoms with Crippen LogP contribution in [0.3, 0.4) is 0 Å². The second-order valence-electron chi connectivity index (χ2n) is 3.73. The fraction of sp³-hybridized carbons (Fsp3) is 0.286. The van der Waals surface area contributed by atoms with Crippen molar-refractivity contribution in [3.05, 3.63) is 61.2 Å². The lowest BCUT2D eigenvalue weighted by Crippen LogP contribution is -3.00. The number of hydrogen-bond donors (Lipinski definition) is 1. The van der Waals surface area contributed by atoms with Crippen molar-refractivity contribution in [1.82, 2.24) is 0 Å². The molecule has 0 atom stereocenters. The first-order valence-corrected chi connectivity index (χ1v) is 5.46. The van der Waals surface area contributed by atoms with E-state index in [1.54, 1.807) is 0 Å². The highest BCUT2D eigenvalue weighted by Gasteiger charge is 2.07. The fourth-order valence-electron chi connectivity index (χ4n) is 1.63. The van der Waals surface area contributed by atoms with Crippen molar-refractivity contribution >= 4 is 0 Å². The summed E-state index contributed by atoms with van der Waals surface area (Å²) in [6.07, 6.45) is 6.04. The number of rotatable bonds is 7. The van der Waals surface area contributed by atoms with Gasteiger partial charge in [-0.05, 0) is 0 Å². The van der Waals surface area contributed by atoms with Crippen LogP contribution < -0.4 is 29.3 Å². The lowest BCUT2D eigenvalue weighted by atomic mass is 10.1. The standard InChI is InChI=1S/C14H19N.HI/c1-3-8-14(9-4-2)15-12-13-10-6-5-7-11-13;/h3-7,10-11,14-15H,1-2,8-9,12H2;1H. The van der Waals surface area contributed by atoms with Gasteiger partial charge in [-0.2, -0.15) is 0 Å². The summed E-state index contributed by atoms with van der Waals surface area (Å²) in [5.41, 5.74) is 1.37. The summed E-state index contributed by atoms with van der Waals surface area (Å²) < 4.78 is 0. The van der Waals surface area contributed by atoms with Crippen molar-refractivity contribution in [3.8, 4) is 0 Å². The number of nitrogens with two attached hydrogens (primary N) is 1. The van der Waals surface area contributed by atoms with Gasteiger partial charge in [0.2, 0.25) is 0 Å². The van der Waals surface area contributed by atoms with Crippen LogP contribution >= 0.6 is 0 Å². The Morgan fingerprint density at radius 1 is 1.06 bits per heavy atom. The lowest BCUT2D eigenvalue weighted by Gasteiger charge is -2.11. The third-order valence-corrected chi connectivity index (χ3v) is 2.47. The number of benzene rings is 1. The molecule has 1 aromatic rings. The van der Waals surface area contributed by atoms with E-state index in [0.29, 0.717) is 6.04 Å². The highest BCUT2D eigenvalue weighted by atomic mass is 127. The molecule has 0 aromatic heterocycles. The SMILES string of the molecule is C=CCC(CC=C)[NH2+]Cc1ccccc1.[I-]. The molecule has 1 aromatic carbocycles. The van der Waals surface area contributed by atoms with Crippen LogP contribution in [0.5, 0.6) is 0 Å². The molecule has 1 rings (SSSR count). The number of hydrogen-bond acceptors (Lipinski definition) is 0. The Morgan fingerprint density at radius 3 is 2.12 bits per heavy atom. The summed E-state index contributed by atoms with van der Waals surface area (Å²) in [6.45, 7) is 8.60. The van der Waals surface area contributed by atoms with Crippen LogP contribution in [0.15, 0.2) is 55.6 Å². The van der Waals surface area contributed by atoms with Crippen LogP contribution in [-0.2, 0) is 6.54 Å². The van der Waals surface area contributed by atoms with Crippen molar-refractivity contribution in [3.63, 3.8) is 0 Å². The minimum Gasteiger partial charge on any atom is -1.00 e. The van der Waals surface area contributed by atoms with Crippen molar-refractivity contribution in [2.75, 3.05) is 0 Å². The first kappa shape index (κ1) is 15.4. The molecule has 2 N–H and O–H groups in total. The topological polar surface area (TPSA) is 16.6 Å². The molecule has 0 amide bonds. The van der Waals surface area contributed by atoms with Crippen LogP contribution in [0, 0.1) is 0 Å². The van der Waals surface area contributed by atoms with Crippen LogP contribution in [0.4, 0.5) is 0 Å². The van der Waals surface area contributed by atoms with E-state index in [0.717, 1.165) is 19.4 Å². The lowest BCUT2D eigenvalue weighted by molar-refractivity contribution is -0.703. The monoisotopic (exact) mass is 329 g/mol. The van der Waals surface area contributed by atoms with E-state index in [9.17, 15) is 0 Å². The van der Waals surface area contributed by atoms with Crippen molar-refractivity contribution < 1.29 is 29.3 Å². The van der Waals surface area contributed by atoms with Crippen LogP contribution in [0.25, 0.3) is 0 Å². The Kier molecular flexibility index (Phi) is 9.24. The molecule has 0 unspecified atom stereocenters. The maximum Gasteiger partial charge on any atom is 0.101 e. The maximum absolute atomic E-state index is 3.78. The molecule has 1 nitrogen and oxygen atoms in total. The molecule has 0 saturated carbocycles. The van der Waals surface area contributed by atoms with Crippen LogP contribution in [0.1, 0.15) is 18.4 Å². The van der Waals surface area contributed by atoms with E-state index >= 15 is 0 Å². The summed E-state index contributed by atoms with van der Waals surface area (Å²) in [4.78, 5) is 0. The average molecular weight is 329 g/mol. The third-order valence-electron chi connectivity index (χ3n) is 2.47. The smallest absolute Gasteiger partial charge is 0.101 e. The molecule has 88 valence electrons. The Labute approximate surface area is 116 Å². The molecule has 0 aliphatic rings. The van der Waals surface area contributed by atoms with E-state index in [1.807, 2.05) is 12.2 Å². The molecule has 0 saturated heterocycles. The zero-order valence-electron chi connectivity index (χ0n) is 9.61. The van der Waals surface area contributed by atoms with Gasteiger partial charge in [-0.25, -0.2) is 0 Å². The Morgan fingerprint density at radius 2 is 1.62 bits per heavy atom. The third kappa shape index (κ3) is 6.08. The second kappa shape index (κ2) is 9.60. The quantitative estimate of drug-likeness (QED) is 0.502. The Balaban J connectivity index is 0.00000225. The van der Waals surface area contributed by atoms with Gasteiger partial charge in [0.25, 0.3) is 0 Å². The zero-order valence-corrected chi connectivity index (χ0v) is 11.8. The van der Waals surface area contributed by atoms with E-state index < -0.39 is 0 Å². The van der Waals surface area contributed by atoms with Crippen molar-refractivity contribution in [1.29, 1.82) is 0 Å². The Hall–Kier alpha value is -0.610. The summed E-state index contributed by atoms with van der Waals surface area (Å²) in [6, 6.07) is 11.1. The summed E-state index contributed by atoms with van der Waals surface area (Å²) in [5, 5.41) is 2.36. The molecule has 0 heterocycles. The average Bonchev–Trinajstić information content (AvgIpc) is 2.28. The molecule has 0 aliphatic carbocycles. The van der Waals surface area contributed by atoms with Gasteiger partial charge in [0.05, 0.1) is 6.04 Å². The van der Waals surface area contributed by atoms with Gasteiger partial charge in [-0.3, -0.25) is 0 Å². The van der Waals surface area contributed by atoms with Crippen LogP contribution in [0.2, 0.25) is 0 Å². The summed E-state index contributed by atoms with van der Waals surface area (Å²) in [5.74, 6) is 0. The number of halogens is 1. The van der Waals surface area contributed by atoms with Crippen LogP contribution in [-0.4, -0.2) is 6.04 Å². The maximum atomic E-state index is 3.78. The molecule has 2 heteroatoms. The predicted octanol–water partition coefficient (Wildman–Crippen LogP) is -0.725. The van der Waals surface area contributed by atoms with Gasteiger partial charge >= 0.3 is 0 Å². The minimum atomic E-state index is 0. The molecule has 0 spiro atoms. The van der Waals surface area contributed by atoms with Gasteiger partial charge in [-0.1, -0.05) is 42.5 Å². The van der Waals surface area contributed by atoms with Gasteiger partial charge in [0.15, 0.2) is 0 Å². The fourth-order valence-corrected chi connectivity index (χ4v) is 1.63. The van der Waals surface area contributed by atoms with Gasteiger partial charge in [-0.15, -0.1) is 13.2 Å². The summed E-state index contributed by atoms with van der Waals surface area (Å²) >= 11 is 0. The highest BCUT2D eigenvalue weighted by Crippen LogP contribution is 1.97. The largest absolute Gasteiger partial charge is 1.00 e. The second-order valence-corrected chi connectivity index (χ2v) is 3.73. The van der Waals surface area contributed by atoms with E-state index in [4.69, 9.17) is 0 Å². The van der Waals surface area contributed by atoms with E-state index in [2.05, 4.69) is 48.8 Å². The van der Waals surface area contributed by atoms with Gasteiger partial charge in [0.1, 0.15) is 6.54 Å². The normalized spacial score (nSPS) is 9.56.